The number of allylic oxidation sites excluding steroid dienone is 30. The van der Waals surface area contributed by atoms with Gasteiger partial charge >= 0.3 is 17.9 Å². The van der Waals surface area contributed by atoms with Crippen molar-refractivity contribution in [1.29, 1.82) is 0 Å². The Labute approximate surface area is 510 Å². The van der Waals surface area contributed by atoms with E-state index >= 15 is 0 Å². The zero-order valence-corrected chi connectivity index (χ0v) is 53.1. The van der Waals surface area contributed by atoms with Gasteiger partial charge in [-0.1, -0.05) is 267 Å². The molecular formula is C77H120O6. The van der Waals surface area contributed by atoms with Crippen LogP contribution in [0.15, 0.2) is 182 Å². The quantitative estimate of drug-likeness (QED) is 0.0261. The van der Waals surface area contributed by atoms with E-state index in [2.05, 4.69) is 203 Å². The molecule has 1 atom stereocenters. The Kier molecular flexibility index (Phi) is 64.4. The van der Waals surface area contributed by atoms with Gasteiger partial charge in [0.05, 0.1) is 0 Å². The highest BCUT2D eigenvalue weighted by Gasteiger charge is 2.19. The van der Waals surface area contributed by atoms with Crippen molar-refractivity contribution in [2.24, 2.45) is 0 Å². The smallest absolute Gasteiger partial charge is 0.306 e. The van der Waals surface area contributed by atoms with Crippen molar-refractivity contribution in [2.75, 3.05) is 13.2 Å². The summed E-state index contributed by atoms with van der Waals surface area (Å²) >= 11 is 0. The van der Waals surface area contributed by atoms with E-state index in [1.807, 2.05) is 0 Å². The molecule has 0 heterocycles. The van der Waals surface area contributed by atoms with Crippen LogP contribution >= 0.6 is 0 Å². The average Bonchev–Trinajstić information content (AvgIpc) is 3.49. The molecule has 0 radical (unpaired) electrons. The Morgan fingerprint density at radius 1 is 0.253 bits per heavy atom. The maximum Gasteiger partial charge on any atom is 0.306 e. The predicted molar refractivity (Wildman–Crippen MR) is 361 cm³/mol. The van der Waals surface area contributed by atoms with Crippen molar-refractivity contribution in [3.8, 4) is 0 Å². The first-order chi connectivity index (χ1) is 41.0. The summed E-state index contributed by atoms with van der Waals surface area (Å²) in [5, 5.41) is 0. The van der Waals surface area contributed by atoms with Crippen molar-refractivity contribution in [3.05, 3.63) is 182 Å². The monoisotopic (exact) mass is 1140 g/mol. The number of hydrogen-bond acceptors (Lipinski definition) is 6. The van der Waals surface area contributed by atoms with Crippen molar-refractivity contribution in [1.82, 2.24) is 0 Å². The molecule has 0 aromatic rings. The van der Waals surface area contributed by atoms with Crippen LogP contribution in [0.25, 0.3) is 0 Å². The Balaban J connectivity index is 4.48. The maximum absolute atomic E-state index is 12.9. The Bertz CT molecular complexity index is 1940. The van der Waals surface area contributed by atoms with E-state index in [-0.39, 0.29) is 31.1 Å². The van der Waals surface area contributed by atoms with E-state index in [0.29, 0.717) is 19.3 Å². The molecule has 0 fully saturated rings. The van der Waals surface area contributed by atoms with Gasteiger partial charge in [-0.15, -0.1) is 0 Å². The first-order valence-electron chi connectivity index (χ1n) is 33.3. The Morgan fingerprint density at radius 2 is 0.470 bits per heavy atom. The summed E-state index contributed by atoms with van der Waals surface area (Å²) in [7, 11) is 0. The SMILES string of the molecule is CC/C=C\C/C=C\C/C=C\C/C=C\C/C=C\C/C=C\C/C=C\C/C=C\C/C=C\CCCCCC(=O)OCC(COC(=O)CCCCCCC/C=C\C/C=C\CCCCC)OC(=O)CCCCCCCC/C=C\C/C=C\C/C=C\C/C=C\CC. The van der Waals surface area contributed by atoms with Crippen molar-refractivity contribution in [3.63, 3.8) is 0 Å². The van der Waals surface area contributed by atoms with Crippen LogP contribution < -0.4 is 0 Å². The second-order valence-corrected chi connectivity index (χ2v) is 21.3. The minimum Gasteiger partial charge on any atom is -0.462 e. The van der Waals surface area contributed by atoms with Crippen molar-refractivity contribution >= 4 is 17.9 Å². The zero-order valence-electron chi connectivity index (χ0n) is 53.1. The van der Waals surface area contributed by atoms with Gasteiger partial charge in [0.25, 0.3) is 0 Å². The third kappa shape index (κ3) is 67.2. The molecule has 0 aromatic carbocycles. The van der Waals surface area contributed by atoms with Crippen LogP contribution in [0.4, 0.5) is 0 Å². The fourth-order valence-corrected chi connectivity index (χ4v) is 8.46. The molecule has 6 nitrogen and oxygen atoms in total. The van der Waals surface area contributed by atoms with Gasteiger partial charge < -0.3 is 14.2 Å². The number of unbranched alkanes of at least 4 members (excludes halogenated alkanes) is 17. The molecule has 83 heavy (non-hydrogen) atoms. The number of esters is 3. The van der Waals surface area contributed by atoms with Crippen LogP contribution in [0.1, 0.15) is 265 Å². The van der Waals surface area contributed by atoms with Gasteiger partial charge in [0.2, 0.25) is 0 Å². The highest BCUT2D eigenvalue weighted by Crippen LogP contribution is 2.14. The molecule has 0 rings (SSSR count). The van der Waals surface area contributed by atoms with E-state index in [0.717, 1.165) is 186 Å². The summed E-state index contributed by atoms with van der Waals surface area (Å²) in [4.78, 5) is 38.4. The number of carbonyl (C=O) groups is 3. The number of carbonyl (C=O) groups excluding carboxylic acids is 3. The number of rotatable bonds is 58. The standard InChI is InChI=1S/C77H120O6/c1-4-7-10-13-16-19-22-25-28-30-32-33-34-35-36-37-38-39-40-41-42-43-45-46-49-52-55-58-61-64-67-70-76(79)82-73-74(72-81-75(78)69-66-63-60-57-54-51-48-27-24-21-18-15-12-9-6-3)83-77(80)71-68-65-62-59-56-53-50-47-44-31-29-26-23-20-17-14-11-8-5-2/h7-8,10-11,16-21,25-29,32-33,35-36,38-39,41-42,44-48,52,55,74H,4-6,9,12-15,22-24,30-31,34,37,40,43,49-51,53-54,56-73H2,1-3H3/b10-7-,11-8-,19-16-,20-17-,21-18-,28-25-,29-26-,33-32-,36-35-,39-38-,42-41-,46-45-,47-44-,48-27-,55-52-. The first kappa shape index (κ1) is 77.5. The molecular weight excluding hydrogens is 1020 g/mol. The zero-order chi connectivity index (χ0) is 59.9. The third-order valence-corrected chi connectivity index (χ3v) is 13.4. The van der Waals surface area contributed by atoms with E-state index in [4.69, 9.17) is 14.2 Å². The molecule has 1 unspecified atom stereocenters. The molecule has 0 saturated heterocycles. The highest BCUT2D eigenvalue weighted by molar-refractivity contribution is 5.71. The minimum absolute atomic E-state index is 0.110. The normalized spacial score (nSPS) is 13.3. The molecule has 0 bridgehead atoms. The third-order valence-electron chi connectivity index (χ3n) is 13.4. The molecule has 464 valence electrons. The van der Waals surface area contributed by atoms with E-state index in [1.165, 1.54) is 38.5 Å². The summed E-state index contributed by atoms with van der Waals surface area (Å²) in [5.74, 6) is -0.976. The van der Waals surface area contributed by atoms with Crippen LogP contribution in [-0.4, -0.2) is 37.2 Å². The van der Waals surface area contributed by atoms with Crippen LogP contribution in [0.5, 0.6) is 0 Å². The molecule has 0 aromatic heterocycles. The molecule has 0 aliphatic heterocycles. The average molecular weight is 1140 g/mol. The largest absolute Gasteiger partial charge is 0.462 e. The number of ether oxygens (including phenoxy) is 3. The van der Waals surface area contributed by atoms with Crippen molar-refractivity contribution < 1.29 is 28.6 Å². The number of hydrogen-bond donors (Lipinski definition) is 0. The van der Waals surface area contributed by atoms with Crippen molar-refractivity contribution in [2.45, 2.75) is 271 Å². The Hall–Kier alpha value is -5.49. The fourth-order valence-electron chi connectivity index (χ4n) is 8.46. The lowest BCUT2D eigenvalue weighted by atomic mass is 10.1. The summed E-state index contributed by atoms with van der Waals surface area (Å²) < 4.78 is 16.9. The molecule has 0 aliphatic carbocycles. The molecule has 0 spiro atoms. The van der Waals surface area contributed by atoms with Gasteiger partial charge in [-0.25, -0.2) is 0 Å². The minimum atomic E-state index is -0.818. The lowest BCUT2D eigenvalue weighted by Gasteiger charge is -2.18. The topological polar surface area (TPSA) is 78.9 Å². The molecule has 6 heteroatoms. The summed E-state index contributed by atoms with van der Waals surface area (Å²) in [6, 6.07) is 0. The first-order valence-corrected chi connectivity index (χ1v) is 33.3. The molecule has 0 saturated carbocycles. The van der Waals surface area contributed by atoms with Gasteiger partial charge in [0, 0.05) is 19.3 Å². The van der Waals surface area contributed by atoms with E-state index in [1.54, 1.807) is 0 Å². The fraction of sp³-hybridized carbons (Fsp3) is 0.571. The van der Waals surface area contributed by atoms with E-state index in [9.17, 15) is 14.4 Å². The van der Waals surface area contributed by atoms with Gasteiger partial charge in [-0.3, -0.25) is 14.4 Å². The second-order valence-electron chi connectivity index (χ2n) is 21.3. The van der Waals surface area contributed by atoms with Crippen LogP contribution in [-0.2, 0) is 28.6 Å². The van der Waals surface area contributed by atoms with Gasteiger partial charge in [0.1, 0.15) is 13.2 Å². The molecule has 0 N–H and O–H groups in total. The second kappa shape index (κ2) is 69.0. The van der Waals surface area contributed by atoms with Crippen LogP contribution in [0.2, 0.25) is 0 Å². The lowest BCUT2D eigenvalue weighted by molar-refractivity contribution is -0.167. The van der Waals surface area contributed by atoms with Crippen LogP contribution in [0, 0.1) is 0 Å². The summed E-state index contributed by atoms with van der Waals surface area (Å²) in [6.07, 6.45) is 103. The molecule has 0 aliphatic rings. The lowest BCUT2D eigenvalue weighted by Crippen LogP contribution is -2.30. The summed E-state index contributed by atoms with van der Waals surface area (Å²) in [6.45, 7) is 6.33. The molecule has 0 amide bonds. The van der Waals surface area contributed by atoms with E-state index < -0.39 is 6.10 Å². The van der Waals surface area contributed by atoms with Gasteiger partial charge in [-0.2, -0.15) is 0 Å². The maximum atomic E-state index is 12.9. The van der Waals surface area contributed by atoms with Gasteiger partial charge in [0.15, 0.2) is 6.10 Å². The highest BCUT2D eigenvalue weighted by atomic mass is 16.6. The predicted octanol–water partition coefficient (Wildman–Crippen LogP) is 23.2. The summed E-state index contributed by atoms with van der Waals surface area (Å²) in [5.41, 5.74) is 0. The van der Waals surface area contributed by atoms with Crippen LogP contribution in [0.3, 0.4) is 0 Å². The Morgan fingerprint density at radius 3 is 0.747 bits per heavy atom. The van der Waals surface area contributed by atoms with Gasteiger partial charge in [-0.05, 0) is 161 Å².